The van der Waals surface area contributed by atoms with Crippen LogP contribution in [0.4, 0.5) is 4.39 Å². The standard InChI is InChI=1S/C22H29FN2O2/c1-2-27-22-10-9-17(12-19(22)16-26)13-24-20-7-5-11-25(15-20)14-18-6-3-4-8-21(18)23/h3-4,6,8-10,12,20,24,26H,2,5,7,11,13-16H2,1H3. The number of ether oxygens (including phenoxy) is 1. The van der Waals surface area contributed by atoms with Crippen LogP contribution in [0.15, 0.2) is 42.5 Å². The van der Waals surface area contributed by atoms with Gasteiger partial charge < -0.3 is 15.2 Å². The quantitative estimate of drug-likeness (QED) is 0.745. The summed E-state index contributed by atoms with van der Waals surface area (Å²) in [4.78, 5) is 2.32. The van der Waals surface area contributed by atoms with Crippen molar-refractivity contribution in [1.82, 2.24) is 10.2 Å². The number of aliphatic hydroxyl groups is 1. The smallest absolute Gasteiger partial charge is 0.127 e. The molecule has 5 heteroatoms. The number of likely N-dealkylation sites (tertiary alicyclic amines) is 1. The SMILES string of the molecule is CCOc1ccc(CNC2CCCN(Cc3ccccc3F)C2)cc1CO. The first-order valence-electron chi connectivity index (χ1n) is 9.74. The van der Waals surface area contributed by atoms with Gasteiger partial charge in [-0.25, -0.2) is 4.39 Å². The minimum Gasteiger partial charge on any atom is -0.494 e. The minimum atomic E-state index is -0.126. The van der Waals surface area contributed by atoms with Gasteiger partial charge in [0.25, 0.3) is 0 Å². The van der Waals surface area contributed by atoms with Gasteiger partial charge in [-0.15, -0.1) is 0 Å². The van der Waals surface area contributed by atoms with E-state index >= 15 is 0 Å². The van der Waals surface area contributed by atoms with Crippen molar-refractivity contribution in [3.8, 4) is 5.75 Å². The molecule has 1 aliphatic rings. The van der Waals surface area contributed by atoms with Crippen molar-refractivity contribution in [2.75, 3.05) is 19.7 Å². The predicted octanol–water partition coefficient (Wildman–Crippen LogP) is 3.47. The van der Waals surface area contributed by atoms with Crippen molar-refractivity contribution in [2.24, 2.45) is 0 Å². The molecule has 0 radical (unpaired) electrons. The number of hydrogen-bond acceptors (Lipinski definition) is 4. The highest BCUT2D eigenvalue weighted by molar-refractivity contribution is 5.37. The summed E-state index contributed by atoms with van der Waals surface area (Å²) < 4.78 is 19.4. The third kappa shape index (κ3) is 5.51. The molecule has 2 aromatic rings. The molecule has 3 rings (SSSR count). The molecule has 2 aromatic carbocycles. The lowest BCUT2D eigenvalue weighted by Crippen LogP contribution is -2.45. The van der Waals surface area contributed by atoms with Crippen molar-refractivity contribution in [2.45, 2.75) is 45.5 Å². The summed E-state index contributed by atoms with van der Waals surface area (Å²) in [6.45, 7) is 5.82. The zero-order chi connectivity index (χ0) is 19.1. The Labute approximate surface area is 161 Å². The number of nitrogens with zero attached hydrogens (tertiary/aromatic N) is 1. The molecule has 1 atom stereocenters. The maximum Gasteiger partial charge on any atom is 0.127 e. The Kier molecular flexibility index (Phi) is 7.21. The van der Waals surface area contributed by atoms with Crippen LogP contribution in [0, 0.1) is 5.82 Å². The summed E-state index contributed by atoms with van der Waals surface area (Å²) in [6, 6.07) is 13.4. The Bertz CT molecular complexity index is 738. The fourth-order valence-electron chi connectivity index (χ4n) is 3.66. The van der Waals surface area contributed by atoms with Crippen molar-refractivity contribution < 1.29 is 14.2 Å². The molecule has 2 N–H and O–H groups in total. The van der Waals surface area contributed by atoms with E-state index in [2.05, 4.69) is 10.2 Å². The molecule has 1 saturated heterocycles. The Morgan fingerprint density at radius 2 is 2.07 bits per heavy atom. The van der Waals surface area contributed by atoms with Crippen LogP contribution < -0.4 is 10.1 Å². The highest BCUT2D eigenvalue weighted by Gasteiger charge is 2.20. The number of rotatable bonds is 8. The Morgan fingerprint density at radius 1 is 1.22 bits per heavy atom. The second kappa shape index (κ2) is 9.83. The van der Waals surface area contributed by atoms with Gasteiger partial charge in [0.15, 0.2) is 0 Å². The lowest BCUT2D eigenvalue weighted by Gasteiger charge is -2.33. The Hall–Kier alpha value is -1.95. The number of hydrogen-bond donors (Lipinski definition) is 2. The monoisotopic (exact) mass is 372 g/mol. The van der Waals surface area contributed by atoms with E-state index in [1.165, 1.54) is 6.07 Å². The van der Waals surface area contributed by atoms with E-state index < -0.39 is 0 Å². The molecule has 4 nitrogen and oxygen atoms in total. The zero-order valence-corrected chi connectivity index (χ0v) is 16.0. The normalized spacial score (nSPS) is 17.8. The van der Waals surface area contributed by atoms with Crippen molar-refractivity contribution >= 4 is 0 Å². The van der Waals surface area contributed by atoms with Gasteiger partial charge in [0.1, 0.15) is 11.6 Å². The first-order chi connectivity index (χ1) is 13.2. The van der Waals surface area contributed by atoms with Crippen molar-refractivity contribution in [1.29, 1.82) is 0 Å². The number of halogens is 1. The van der Waals surface area contributed by atoms with Gasteiger partial charge in [-0.05, 0) is 50.1 Å². The zero-order valence-electron chi connectivity index (χ0n) is 16.0. The highest BCUT2D eigenvalue weighted by atomic mass is 19.1. The highest BCUT2D eigenvalue weighted by Crippen LogP contribution is 2.21. The van der Waals surface area contributed by atoms with E-state index in [0.29, 0.717) is 19.2 Å². The number of nitrogens with one attached hydrogen (secondary N) is 1. The van der Waals surface area contributed by atoms with E-state index in [4.69, 9.17) is 4.74 Å². The number of benzene rings is 2. The maximum absolute atomic E-state index is 13.9. The van der Waals surface area contributed by atoms with E-state index in [0.717, 1.165) is 54.9 Å². The summed E-state index contributed by atoms with van der Waals surface area (Å²) in [5.74, 6) is 0.621. The Morgan fingerprint density at radius 3 is 2.85 bits per heavy atom. The molecular formula is C22H29FN2O2. The second-order valence-corrected chi connectivity index (χ2v) is 7.08. The molecule has 0 amide bonds. The van der Waals surface area contributed by atoms with Crippen LogP contribution in [0.5, 0.6) is 5.75 Å². The molecule has 1 heterocycles. The van der Waals surface area contributed by atoms with Gasteiger partial charge in [-0.2, -0.15) is 0 Å². The molecule has 1 fully saturated rings. The molecule has 0 spiro atoms. The molecule has 0 saturated carbocycles. The summed E-state index contributed by atoms with van der Waals surface area (Å²) in [7, 11) is 0. The molecule has 0 aromatic heterocycles. The molecule has 0 aliphatic carbocycles. The van der Waals surface area contributed by atoms with Crippen molar-refractivity contribution in [3.05, 3.63) is 65.0 Å². The van der Waals surface area contributed by atoms with Crippen LogP contribution >= 0.6 is 0 Å². The molecule has 1 aliphatic heterocycles. The fourth-order valence-corrected chi connectivity index (χ4v) is 3.66. The van der Waals surface area contributed by atoms with Gasteiger partial charge in [0.05, 0.1) is 13.2 Å². The average Bonchev–Trinajstić information content (AvgIpc) is 2.69. The lowest BCUT2D eigenvalue weighted by molar-refractivity contribution is 0.181. The van der Waals surface area contributed by atoms with Crippen LogP contribution in [0.3, 0.4) is 0 Å². The number of piperidine rings is 1. The van der Waals surface area contributed by atoms with E-state index in [1.807, 2.05) is 37.3 Å². The van der Waals surface area contributed by atoms with Crippen LogP contribution in [0.2, 0.25) is 0 Å². The van der Waals surface area contributed by atoms with Crippen LogP contribution in [-0.2, 0) is 19.7 Å². The molecule has 0 bridgehead atoms. The minimum absolute atomic E-state index is 0.0248. The third-order valence-electron chi connectivity index (χ3n) is 5.05. The lowest BCUT2D eigenvalue weighted by atomic mass is 10.0. The third-order valence-corrected chi connectivity index (χ3v) is 5.05. The van der Waals surface area contributed by atoms with Gasteiger partial charge in [0, 0.05) is 36.8 Å². The van der Waals surface area contributed by atoms with E-state index in [1.54, 1.807) is 6.07 Å². The molecule has 1 unspecified atom stereocenters. The van der Waals surface area contributed by atoms with Crippen LogP contribution in [0.1, 0.15) is 36.5 Å². The van der Waals surface area contributed by atoms with Crippen LogP contribution in [0.25, 0.3) is 0 Å². The van der Waals surface area contributed by atoms with E-state index in [9.17, 15) is 9.50 Å². The first-order valence-corrected chi connectivity index (χ1v) is 9.74. The first kappa shape index (κ1) is 19.8. The average molecular weight is 372 g/mol. The summed E-state index contributed by atoms with van der Waals surface area (Å²) >= 11 is 0. The van der Waals surface area contributed by atoms with E-state index in [-0.39, 0.29) is 12.4 Å². The van der Waals surface area contributed by atoms with Gasteiger partial charge in [-0.3, -0.25) is 4.90 Å². The predicted molar refractivity (Wildman–Crippen MR) is 105 cm³/mol. The van der Waals surface area contributed by atoms with Gasteiger partial charge in [-0.1, -0.05) is 24.3 Å². The summed E-state index contributed by atoms with van der Waals surface area (Å²) in [6.07, 6.45) is 2.23. The molecule has 27 heavy (non-hydrogen) atoms. The van der Waals surface area contributed by atoms with Gasteiger partial charge >= 0.3 is 0 Å². The largest absolute Gasteiger partial charge is 0.494 e. The summed E-state index contributed by atoms with van der Waals surface area (Å²) in [5.41, 5.74) is 2.71. The number of aliphatic hydroxyl groups excluding tert-OH is 1. The molecule has 146 valence electrons. The molecular weight excluding hydrogens is 343 g/mol. The fraction of sp³-hybridized carbons (Fsp3) is 0.455. The van der Waals surface area contributed by atoms with Gasteiger partial charge in [0.2, 0.25) is 0 Å². The topological polar surface area (TPSA) is 44.7 Å². The summed E-state index contributed by atoms with van der Waals surface area (Å²) in [5, 5.41) is 13.2. The maximum atomic E-state index is 13.9. The van der Waals surface area contributed by atoms with Crippen LogP contribution in [-0.4, -0.2) is 35.7 Å². The second-order valence-electron chi connectivity index (χ2n) is 7.08. The Balaban J connectivity index is 1.54. The van der Waals surface area contributed by atoms with Crippen molar-refractivity contribution in [3.63, 3.8) is 0 Å².